The SMILES string of the molecule is Cc1cc(/C(O)=C2/C(=O)C(=O)N(c3ccccc3O)C2c2ccccc2)ccc1OC(C)C. The summed E-state index contributed by atoms with van der Waals surface area (Å²) in [5, 5.41) is 21.7. The van der Waals surface area contributed by atoms with Crippen molar-refractivity contribution in [2.24, 2.45) is 0 Å². The fourth-order valence-electron chi connectivity index (χ4n) is 4.04. The van der Waals surface area contributed by atoms with Gasteiger partial charge in [0.2, 0.25) is 0 Å². The van der Waals surface area contributed by atoms with Crippen molar-refractivity contribution in [2.75, 3.05) is 4.90 Å². The second-order valence-corrected chi connectivity index (χ2v) is 8.22. The maximum absolute atomic E-state index is 13.2. The van der Waals surface area contributed by atoms with Gasteiger partial charge in [0, 0.05) is 5.56 Å². The topological polar surface area (TPSA) is 87.1 Å². The molecule has 0 aliphatic carbocycles. The average molecular weight is 443 g/mol. The van der Waals surface area contributed by atoms with Gasteiger partial charge in [-0.25, -0.2) is 0 Å². The summed E-state index contributed by atoms with van der Waals surface area (Å²) in [6, 6.07) is 19.5. The Hall–Kier alpha value is -4.06. The number of anilines is 1. The summed E-state index contributed by atoms with van der Waals surface area (Å²) >= 11 is 0. The van der Waals surface area contributed by atoms with Crippen LogP contribution in [0.15, 0.2) is 78.4 Å². The molecule has 0 spiro atoms. The Bertz CT molecular complexity index is 1250. The molecular weight excluding hydrogens is 418 g/mol. The summed E-state index contributed by atoms with van der Waals surface area (Å²) < 4.78 is 5.77. The number of hydrogen-bond acceptors (Lipinski definition) is 5. The number of aryl methyl sites for hydroxylation is 1. The number of hydrogen-bond donors (Lipinski definition) is 2. The van der Waals surface area contributed by atoms with Crippen molar-refractivity contribution < 1.29 is 24.5 Å². The molecule has 1 aliphatic heterocycles. The highest BCUT2D eigenvalue weighted by atomic mass is 16.5. The minimum atomic E-state index is -0.897. The number of benzene rings is 3. The minimum absolute atomic E-state index is 0.00916. The van der Waals surface area contributed by atoms with Crippen molar-refractivity contribution in [3.63, 3.8) is 0 Å². The number of aromatic hydroxyl groups is 1. The monoisotopic (exact) mass is 443 g/mol. The lowest BCUT2D eigenvalue weighted by atomic mass is 9.94. The van der Waals surface area contributed by atoms with Crippen LogP contribution in [0.2, 0.25) is 0 Å². The van der Waals surface area contributed by atoms with Crippen molar-refractivity contribution >= 4 is 23.1 Å². The van der Waals surface area contributed by atoms with E-state index in [1.807, 2.05) is 26.8 Å². The molecule has 0 aromatic heterocycles. The largest absolute Gasteiger partial charge is 0.507 e. The van der Waals surface area contributed by atoms with E-state index in [2.05, 4.69) is 0 Å². The van der Waals surface area contributed by atoms with Crippen LogP contribution in [-0.4, -0.2) is 28.0 Å². The van der Waals surface area contributed by atoms with Gasteiger partial charge in [-0.2, -0.15) is 0 Å². The molecule has 1 aliphatic rings. The molecule has 6 heteroatoms. The standard InChI is InChI=1S/C27H25NO5/c1-16(2)33-22-14-13-19(15-17(22)3)25(30)23-24(18-9-5-4-6-10-18)28(27(32)26(23)31)20-11-7-8-12-21(20)29/h4-16,24,29-30H,1-3H3/b25-23-. The van der Waals surface area contributed by atoms with E-state index in [0.717, 1.165) is 5.56 Å². The van der Waals surface area contributed by atoms with Gasteiger partial charge in [-0.15, -0.1) is 0 Å². The van der Waals surface area contributed by atoms with Crippen molar-refractivity contribution in [3.8, 4) is 11.5 Å². The molecule has 3 aromatic rings. The molecule has 33 heavy (non-hydrogen) atoms. The lowest BCUT2D eigenvalue weighted by molar-refractivity contribution is -0.132. The zero-order valence-corrected chi connectivity index (χ0v) is 18.6. The average Bonchev–Trinajstić information content (AvgIpc) is 3.06. The van der Waals surface area contributed by atoms with Gasteiger partial charge < -0.3 is 14.9 Å². The van der Waals surface area contributed by atoms with E-state index >= 15 is 0 Å². The van der Waals surface area contributed by atoms with Gasteiger partial charge in [0.05, 0.1) is 23.4 Å². The number of aliphatic hydroxyl groups excluding tert-OH is 1. The number of phenolic OH excluding ortho intramolecular Hbond substituents is 1. The second kappa shape index (κ2) is 8.82. The van der Waals surface area contributed by atoms with Crippen LogP contribution in [0.5, 0.6) is 11.5 Å². The molecule has 3 aromatic carbocycles. The van der Waals surface area contributed by atoms with Gasteiger partial charge in [-0.3, -0.25) is 14.5 Å². The Labute approximate surface area is 192 Å². The maximum atomic E-state index is 13.2. The van der Waals surface area contributed by atoms with Crippen LogP contribution in [0, 0.1) is 6.92 Å². The first-order valence-electron chi connectivity index (χ1n) is 10.7. The molecular formula is C27H25NO5. The predicted molar refractivity (Wildman–Crippen MR) is 126 cm³/mol. The van der Waals surface area contributed by atoms with E-state index in [1.54, 1.807) is 60.7 Å². The Morgan fingerprint density at radius 2 is 1.64 bits per heavy atom. The number of ether oxygens (including phenoxy) is 1. The van der Waals surface area contributed by atoms with E-state index in [0.29, 0.717) is 16.9 Å². The smallest absolute Gasteiger partial charge is 0.300 e. The quantitative estimate of drug-likeness (QED) is 0.325. The predicted octanol–water partition coefficient (Wildman–Crippen LogP) is 5.11. The van der Waals surface area contributed by atoms with Gasteiger partial charge in [0.1, 0.15) is 17.3 Å². The molecule has 0 bridgehead atoms. The van der Waals surface area contributed by atoms with E-state index < -0.39 is 17.7 Å². The van der Waals surface area contributed by atoms with Crippen LogP contribution in [0.1, 0.15) is 36.6 Å². The summed E-state index contributed by atoms with van der Waals surface area (Å²) in [7, 11) is 0. The highest BCUT2D eigenvalue weighted by Gasteiger charge is 2.47. The van der Waals surface area contributed by atoms with E-state index in [9.17, 15) is 19.8 Å². The molecule has 0 radical (unpaired) electrons. The fourth-order valence-corrected chi connectivity index (χ4v) is 4.04. The van der Waals surface area contributed by atoms with Gasteiger partial charge in [-0.1, -0.05) is 42.5 Å². The van der Waals surface area contributed by atoms with Crippen LogP contribution in [0.4, 0.5) is 5.69 Å². The zero-order chi connectivity index (χ0) is 23.7. The van der Waals surface area contributed by atoms with E-state index in [4.69, 9.17) is 4.74 Å². The Morgan fingerprint density at radius 3 is 2.27 bits per heavy atom. The first kappa shape index (κ1) is 22.1. The summed E-state index contributed by atoms with van der Waals surface area (Å²) in [5.41, 5.74) is 1.99. The molecule has 1 amide bonds. The number of aliphatic hydroxyl groups is 1. The van der Waals surface area contributed by atoms with Crippen LogP contribution in [0.25, 0.3) is 5.76 Å². The van der Waals surface area contributed by atoms with E-state index in [-0.39, 0.29) is 28.9 Å². The van der Waals surface area contributed by atoms with Crippen molar-refractivity contribution in [1.82, 2.24) is 0 Å². The summed E-state index contributed by atoms with van der Waals surface area (Å²) in [6.45, 7) is 5.70. The Morgan fingerprint density at radius 1 is 0.970 bits per heavy atom. The first-order valence-corrected chi connectivity index (χ1v) is 10.7. The number of Topliss-reactive ketones (excluding diaryl/α,β-unsaturated/α-hetero) is 1. The highest BCUT2D eigenvalue weighted by Crippen LogP contribution is 2.44. The number of rotatable bonds is 5. The fraction of sp³-hybridized carbons (Fsp3) is 0.185. The number of carbonyl (C=O) groups is 2. The lowest BCUT2D eigenvalue weighted by Gasteiger charge is -2.26. The number of ketones is 1. The molecule has 1 unspecified atom stereocenters. The summed E-state index contributed by atoms with van der Waals surface area (Å²) in [5.74, 6) is -1.37. The van der Waals surface area contributed by atoms with Crippen LogP contribution in [0.3, 0.4) is 0 Å². The van der Waals surface area contributed by atoms with Gasteiger partial charge in [0.15, 0.2) is 0 Å². The zero-order valence-electron chi connectivity index (χ0n) is 18.6. The number of phenols is 1. The van der Waals surface area contributed by atoms with E-state index in [1.165, 1.54) is 11.0 Å². The Kier molecular flexibility index (Phi) is 5.92. The molecule has 1 saturated heterocycles. The first-order chi connectivity index (χ1) is 15.8. The third kappa shape index (κ3) is 4.07. The molecule has 168 valence electrons. The second-order valence-electron chi connectivity index (χ2n) is 8.22. The normalized spacial score (nSPS) is 17.6. The maximum Gasteiger partial charge on any atom is 0.300 e. The molecule has 1 heterocycles. The van der Waals surface area contributed by atoms with Crippen molar-refractivity contribution in [1.29, 1.82) is 0 Å². The van der Waals surface area contributed by atoms with Gasteiger partial charge >= 0.3 is 0 Å². The number of para-hydroxylation sites is 2. The molecule has 0 saturated carbocycles. The molecule has 6 nitrogen and oxygen atoms in total. The summed E-state index contributed by atoms with van der Waals surface area (Å²) in [6.07, 6.45) is -0.00916. The number of nitrogens with zero attached hydrogens (tertiary/aromatic N) is 1. The number of carbonyl (C=O) groups excluding carboxylic acids is 2. The van der Waals surface area contributed by atoms with Crippen molar-refractivity contribution in [3.05, 3.63) is 95.1 Å². The third-order valence-corrected chi connectivity index (χ3v) is 5.51. The van der Waals surface area contributed by atoms with Crippen LogP contribution >= 0.6 is 0 Å². The third-order valence-electron chi connectivity index (χ3n) is 5.51. The lowest BCUT2D eigenvalue weighted by Crippen LogP contribution is -2.29. The van der Waals surface area contributed by atoms with Gasteiger partial charge in [-0.05, 0) is 62.2 Å². The van der Waals surface area contributed by atoms with Gasteiger partial charge in [0.25, 0.3) is 11.7 Å². The van der Waals surface area contributed by atoms with Crippen LogP contribution < -0.4 is 9.64 Å². The number of amides is 1. The van der Waals surface area contributed by atoms with Crippen LogP contribution in [-0.2, 0) is 9.59 Å². The Balaban J connectivity index is 1.90. The summed E-state index contributed by atoms with van der Waals surface area (Å²) in [4.78, 5) is 27.5. The molecule has 4 rings (SSSR count). The molecule has 2 N–H and O–H groups in total. The van der Waals surface area contributed by atoms with Crippen molar-refractivity contribution in [2.45, 2.75) is 32.9 Å². The molecule has 1 fully saturated rings. The molecule has 1 atom stereocenters. The highest BCUT2D eigenvalue weighted by molar-refractivity contribution is 6.51. The minimum Gasteiger partial charge on any atom is -0.507 e.